The number of fused-ring (bicyclic) bond motifs is 1. The lowest BCUT2D eigenvalue weighted by molar-refractivity contribution is 0.0696. The highest BCUT2D eigenvalue weighted by Gasteiger charge is 2.42. The first-order valence-electron chi connectivity index (χ1n) is 9.63. The van der Waals surface area contributed by atoms with Crippen LogP contribution in [0.1, 0.15) is 34.0 Å². The minimum Gasteiger partial charge on any atom is -0.496 e. The Morgan fingerprint density at radius 2 is 1.74 bits per heavy atom. The number of carboxylic acid groups (broad SMARTS) is 1. The van der Waals surface area contributed by atoms with Gasteiger partial charge in [0.25, 0.3) is 0 Å². The number of ether oxygens (including phenoxy) is 1. The molecular formula is C24H20Cl3NO3. The lowest BCUT2D eigenvalue weighted by atomic mass is 9.77. The normalized spacial score (nSPS) is 17.5. The molecule has 0 amide bonds. The highest BCUT2D eigenvalue weighted by molar-refractivity contribution is 6.32. The first-order chi connectivity index (χ1) is 14.7. The lowest BCUT2D eigenvalue weighted by Gasteiger charge is -2.28. The molecule has 1 aliphatic heterocycles. The molecule has 4 rings (SSSR count). The first kappa shape index (κ1) is 21.8. The molecule has 1 N–H and O–H groups in total. The summed E-state index contributed by atoms with van der Waals surface area (Å²) in [5.41, 5.74) is 3.40. The van der Waals surface area contributed by atoms with E-state index >= 15 is 0 Å². The van der Waals surface area contributed by atoms with Crippen LogP contribution in [0.4, 0.5) is 5.69 Å². The summed E-state index contributed by atoms with van der Waals surface area (Å²) in [7, 11) is 1.62. The van der Waals surface area contributed by atoms with Gasteiger partial charge in [-0.3, -0.25) is 0 Å². The molecule has 31 heavy (non-hydrogen) atoms. The fourth-order valence-corrected chi connectivity index (χ4v) is 4.95. The third-order valence-electron chi connectivity index (χ3n) is 5.82. The summed E-state index contributed by atoms with van der Waals surface area (Å²) < 4.78 is 5.52. The molecule has 3 aromatic rings. The highest BCUT2D eigenvalue weighted by Crippen LogP contribution is 2.48. The zero-order valence-corrected chi connectivity index (χ0v) is 19.2. The Morgan fingerprint density at radius 3 is 2.45 bits per heavy atom. The highest BCUT2D eigenvalue weighted by atomic mass is 35.5. The van der Waals surface area contributed by atoms with Gasteiger partial charge in [-0.05, 0) is 66.6 Å². The Hall–Kier alpha value is -2.40. The molecule has 1 heterocycles. The Labute approximate surface area is 195 Å². The molecular weight excluding hydrogens is 457 g/mol. The van der Waals surface area contributed by atoms with Gasteiger partial charge in [-0.2, -0.15) is 0 Å². The number of carboxylic acids is 1. The maximum Gasteiger partial charge on any atom is 0.335 e. The minimum absolute atomic E-state index is 0.196. The summed E-state index contributed by atoms with van der Waals surface area (Å²) in [6.07, 6.45) is 0. The van der Waals surface area contributed by atoms with Gasteiger partial charge in [0.15, 0.2) is 0 Å². The summed E-state index contributed by atoms with van der Waals surface area (Å²) in [5.74, 6) is -0.281. The zero-order chi connectivity index (χ0) is 22.3. The first-order valence-corrected chi connectivity index (χ1v) is 10.8. The summed E-state index contributed by atoms with van der Waals surface area (Å²) >= 11 is 19.0. The lowest BCUT2D eigenvalue weighted by Crippen LogP contribution is -2.32. The maximum atomic E-state index is 11.6. The standard InChI is InChI=1S/C24H20Cl3NO3/c1-24(18-9-14(23(29)30)4-7-20(18)27)13-28(21-8-6-16(25)10-19(21)24)12-15-3-5-17(26)11-22(15)31-2/h3-11H,12-13H2,1-2H3,(H,29,30). The van der Waals surface area contributed by atoms with E-state index in [-0.39, 0.29) is 5.56 Å². The van der Waals surface area contributed by atoms with E-state index in [9.17, 15) is 9.90 Å². The molecule has 4 nitrogen and oxygen atoms in total. The molecule has 1 aliphatic rings. The largest absolute Gasteiger partial charge is 0.496 e. The van der Waals surface area contributed by atoms with E-state index in [0.717, 1.165) is 22.4 Å². The number of hydrogen-bond donors (Lipinski definition) is 1. The summed E-state index contributed by atoms with van der Waals surface area (Å²) in [4.78, 5) is 13.8. The SMILES string of the molecule is COc1cc(Cl)ccc1CN1CC(C)(c2cc(C(=O)O)ccc2Cl)c2cc(Cl)ccc21. The number of halogens is 3. The second-order valence-corrected chi connectivity index (χ2v) is 9.09. The molecule has 3 aromatic carbocycles. The molecule has 160 valence electrons. The fraction of sp³-hybridized carbons (Fsp3) is 0.208. The predicted octanol–water partition coefficient (Wildman–Crippen LogP) is 6.68. The van der Waals surface area contributed by atoms with Gasteiger partial charge < -0.3 is 14.7 Å². The monoisotopic (exact) mass is 475 g/mol. The van der Waals surface area contributed by atoms with E-state index in [1.165, 1.54) is 6.07 Å². The van der Waals surface area contributed by atoms with Gasteiger partial charge in [0.05, 0.1) is 12.7 Å². The number of benzene rings is 3. The van der Waals surface area contributed by atoms with Crippen LogP contribution in [0, 0.1) is 0 Å². The van der Waals surface area contributed by atoms with E-state index in [1.54, 1.807) is 25.3 Å². The van der Waals surface area contributed by atoms with Crippen molar-refractivity contribution < 1.29 is 14.6 Å². The third-order valence-corrected chi connectivity index (χ3v) is 6.62. The molecule has 0 fully saturated rings. The minimum atomic E-state index is -0.992. The number of nitrogens with zero attached hydrogens (tertiary/aromatic N) is 1. The Balaban J connectivity index is 1.82. The third kappa shape index (κ3) is 3.96. The van der Waals surface area contributed by atoms with Crippen molar-refractivity contribution in [2.24, 2.45) is 0 Å². The second-order valence-electron chi connectivity index (χ2n) is 7.81. The van der Waals surface area contributed by atoms with Crippen molar-refractivity contribution in [1.82, 2.24) is 0 Å². The van der Waals surface area contributed by atoms with Gasteiger partial charge in [0.2, 0.25) is 0 Å². The van der Waals surface area contributed by atoms with Gasteiger partial charge in [-0.1, -0.05) is 40.9 Å². The molecule has 1 atom stereocenters. The van der Waals surface area contributed by atoms with Crippen molar-refractivity contribution in [3.8, 4) is 5.75 Å². The molecule has 0 aliphatic carbocycles. The smallest absolute Gasteiger partial charge is 0.335 e. The zero-order valence-electron chi connectivity index (χ0n) is 17.0. The van der Waals surface area contributed by atoms with Crippen molar-refractivity contribution in [3.63, 3.8) is 0 Å². The van der Waals surface area contributed by atoms with Crippen LogP contribution >= 0.6 is 34.8 Å². The van der Waals surface area contributed by atoms with Crippen molar-refractivity contribution in [2.45, 2.75) is 18.9 Å². The van der Waals surface area contributed by atoms with Crippen LogP contribution in [0.3, 0.4) is 0 Å². The molecule has 0 aromatic heterocycles. The summed E-state index contributed by atoms with van der Waals surface area (Å²) in [6, 6.07) is 16.2. The van der Waals surface area contributed by atoms with Crippen molar-refractivity contribution in [2.75, 3.05) is 18.6 Å². The van der Waals surface area contributed by atoms with Crippen LogP contribution in [0.25, 0.3) is 0 Å². The van der Waals surface area contributed by atoms with Gasteiger partial charge >= 0.3 is 5.97 Å². The molecule has 0 spiro atoms. The average Bonchev–Trinajstić information content (AvgIpc) is 3.01. The van der Waals surface area contributed by atoms with Gasteiger partial charge in [-0.15, -0.1) is 0 Å². The molecule has 0 saturated carbocycles. The Kier molecular flexibility index (Phi) is 5.82. The quantitative estimate of drug-likeness (QED) is 0.446. The molecule has 0 bridgehead atoms. The van der Waals surface area contributed by atoms with Crippen LogP contribution in [0.15, 0.2) is 54.6 Å². The van der Waals surface area contributed by atoms with E-state index in [0.29, 0.717) is 33.9 Å². The molecule has 7 heteroatoms. The van der Waals surface area contributed by atoms with E-state index in [2.05, 4.69) is 11.8 Å². The predicted molar refractivity (Wildman–Crippen MR) is 125 cm³/mol. The molecule has 0 radical (unpaired) electrons. The van der Waals surface area contributed by atoms with Crippen molar-refractivity contribution >= 4 is 46.5 Å². The number of methoxy groups -OCH3 is 1. The molecule has 0 saturated heterocycles. The number of hydrogen-bond acceptors (Lipinski definition) is 3. The number of aromatic carboxylic acids is 1. The second kappa shape index (κ2) is 8.27. The fourth-order valence-electron chi connectivity index (χ4n) is 4.29. The summed E-state index contributed by atoms with van der Waals surface area (Å²) in [6.45, 7) is 3.24. The van der Waals surface area contributed by atoms with E-state index < -0.39 is 11.4 Å². The number of rotatable bonds is 5. The van der Waals surface area contributed by atoms with Crippen molar-refractivity contribution in [3.05, 3.63) is 91.9 Å². The van der Waals surface area contributed by atoms with E-state index in [4.69, 9.17) is 39.5 Å². The Morgan fingerprint density at radius 1 is 1.03 bits per heavy atom. The Bertz CT molecular complexity index is 1180. The van der Waals surface area contributed by atoms with Crippen LogP contribution in [0.2, 0.25) is 15.1 Å². The van der Waals surface area contributed by atoms with Crippen LogP contribution in [0.5, 0.6) is 5.75 Å². The van der Waals surface area contributed by atoms with E-state index in [1.807, 2.05) is 30.3 Å². The number of carbonyl (C=O) groups is 1. The van der Waals surface area contributed by atoms with Crippen LogP contribution in [-0.4, -0.2) is 24.7 Å². The topological polar surface area (TPSA) is 49.8 Å². The summed E-state index contributed by atoms with van der Waals surface area (Å²) in [5, 5.41) is 11.2. The van der Waals surface area contributed by atoms with Gasteiger partial charge in [0.1, 0.15) is 5.75 Å². The van der Waals surface area contributed by atoms with Crippen molar-refractivity contribution in [1.29, 1.82) is 0 Å². The number of anilines is 1. The average molecular weight is 477 g/mol. The van der Waals surface area contributed by atoms with Gasteiger partial charge in [-0.25, -0.2) is 4.79 Å². The van der Waals surface area contributed by atoms with Crippen LogP contribution in [-0.2, 0) is 12.0 Å². The maximum absolute atomic E-state index is 11.6. The molecule has 1 unspecified atom stereocenters. The van der Waals surface area contributed by atoms with Crippen LogP contribution < -0.4 is 9.64 Å². The van der Waals surface area contributed by atoms with Gasteiger partial charge in [0, 0.05) is 44.8 Å².